The molecule has 1 aromatic carbocycles. The average Bonchev–Trinajstić information content (AvgIpc) is 2.33. The Hall–Kier alpha value is -0.540. The molecule has 0 aromatic heterocycles. The van der Waals surface area contributed by atoms with Crippen molar-refractivity contribution >= 4 is 11.8 Å². The molecule has 16 heavy (non-hydrogen) atoms. The summed E-state index contributed by atoms with van der Waals surface area (Å²) < 4.78 is 13.8. The molecule has 0 amide bonds. The van der Waals surface area contributed by atoms with Crippen molar-refractivity contribution in [1.82, 2.24) is 5.32 Å². The molecule has 2 rings (SSSR count). The minimum atomic E-state index is -0.0563. The third-order valence-electron chi connectivity index (χ3n) is 3.14. The van der Waals surface area contributed by atoms with E-state index in [9.17, 15) is 4.39 Å². The highest BCUT2D eigenvalue weighted by molar-refractivity contribution is 7.98. The van der Waals surface area contributed by atoms with Crippen molar-refractivity contribution in [2.24, 2.45) is 0 Å². The van der Waals surface area contributed by atoms with Crippen LogP contribution < -0.4 is 5.32 Å². The molecule has 1 atom stereocenters. The molecule has 88 valence electrons. The summed E-state index contributed by atoms with van der Waals surface area (Å²) in [5.41, 5.74) is 0.845. The quantitative estimate of drug-likeness (QED) is 0.813. The van der Waals surface area contributed by atoms with Gasteiger partial charge in [-0.05, 0) is 49.8 Å². The second-order valence-electron chi connectivity index (χ2n) is 4.31. The molecule has 1 aromatic rings. The Morgan fingerprint density at radius 2 is 2.31 bits per heavy atom. The average molecular weight is 239 g/mol. The lowest BCUT2D eigenvalue weighted by Crippen LogP contribution is -2.35. The third-order valence-corrected chi connectivity index (χ3v) is 3.86. The first-order valence-electron chi connectivity index (χ1n) is 5.85. The molecule has 0 bridgehead atoms. The topological polar surface area (TPSA) is 12.0 Å². The SMILES string of the molecule is CSc1ccc(CC2CCCCN2)c(F)c1. The van der Waals surface area contributed by atoms with Gasteiger partial charge in [0.15, 0.2) is 0 Å². The molecule has 1 aliphatic rings. The number of piperidine rings is 1. The number of nitrogens with one attached hydrogen (secondary N) is 1. The van der Waals surface area contributed by atoms with Crippen molar-refractivity contribution in [3.63, 3.8) is 0 Å². The lowest BCUT2D eigenvalue weighted by atomic mass is 9.97. The van der Waals surface area contributed by atoms with Crippen LogP contribution in [0.15, 0.2) is 23.1 Å². The summed E-state index contributed by atoms with van der Waals surface area (Å²) in [6.45, 7) is 1.08. The van der Waals surface area contributed by atoms with E-state index in [1.165, 1.54) is 19.3 Å². The minimum Gasteiger partial charge on any atom is -0.314 e. The monoisotopic (exact) mass is 239 g/mol. The zero-order valence-corrected chi connectivity index (χ0v) is 10.4. The molecule has 1 N–H and O–H groups in total. The fourth-order valence-corrected chi connectivity index (χ4v) is 2.61. The van der Waals surface area contributed by atoms with E-state index in [0.717, 1.165) is 23.4 Å². The second kappa shape index (κ2) is 5.69. The van der Waals surface area contributed by atoms with Gasteiger partial charge in [0.2, 0.25) is 0 Å². The van der Waals surface area contributed by atoms with Crippen LogP contribution in [0.1, 0.15) is 24.8 Å². The summed E-state index contributed by atoms with van der Waals surface area (Å²) in [6.07, 6.45) is 6.48. The van der Waals surface area contributed by atoms with E-state index in [1.54, 1.807) is 17.8 Å². The highest BCUT2D eigenvalue weighted by Gasteiger charge is 2.15. The van der Waals surface area contributed by atoms with Crippen molar-refractivity contribution in [1.29, 1.82) is 0 Å². The molecule has 1 saturated heterocycles. The lowest BCUT2D eigenvalue weighted by molar-refractivity contribution is 0.395. The van der Waals surface area contributed by atoms with Crippen LogP contribution in [0.2, 0.25) is 0 Å². The van der Waals surface area contributed by atoms with Gasteiger partial charge in [-0.3, -0.25) is 0 Å². The Morgan fingerprint density at radius 1 is 1.44 bits per heavy atom. The standard InChI is InChI=1S/C13H18FNS/c1-16-12-6-5-10(13(14)9-12)8-11-4-2-3-7-15-11/h5-6,9,11,15H,2-4,7-8H2,1H3. The first-order chi connectivity index (χ1) is 7.79. The minimum absolute atomic E-state index is 0.0563. The van der Waals surface area contributed by atoms with Gasteiger partial charge in [-0.15, -0.1) is 11.8 Å². The molecule has 3 heteroatoms. The maximum Gasteiger partial charge on any atom is 0.127 e. The predicted molar refractivity (Wildman–Crippen MR) is 67.5 cm³/mol. The van der Waals surface area contributed by atoms with Gasteiger partial charge >= 0.3 is 0 Å². The molecule has 1 nitrogen and oxygen atoms in total. The Labute approximate surface area is 101 Å². The van der Waals surface area contributed by atoms with E-state index in [0.29, 0.717) is 6.04 Å². The van der Waals surface area contributed by atoms with E-state index in [4.69, 9.17) is 0 Å². The van der Waals surface area contributed by atoms with Gasteiger partial charge < -0.3 is 5.32 Å². The molecule has 1 aliphatic heterocycles. The highest BCUT2D eigenvalue weighted by atomic mass is 32.2. The summed E-state index contributed by atoms with van der Waals surface area (Å²) in [5.74, 6) is -0.0563. The number of thioether (sulfide) groups is 1. The zero-order valence-electron chi connectivity index (χ0n) is 9.63. The van der Waals surface area contributed by atoms with Crippen LogP contribution in [-0.2, 0) is 6.42 Å². The highest BCUT2D eigenvalue weighted by Crippen LogP contribution is 2.20. The van der Waals surface area contributed by atoms with E-state index >= 15 is 0 Å². The zero-order chi connectivity index (χ0) is 11.4. The maximum absolute atomic E-state index is 13.8. The number of halogens is 1. The van der Waals surface area contributed by atoms with Crippen molar-refractivity contribution in [3.05, 3.63) is 29.6 Å². The van der Waals surface area contributed by atoms with Crippen molar-refractivity contribution < 1.29 is 4.39 Å². The molecular formula is C13H18FNS. The van der Waals surface area contributed by atoms with E-state index < -0.39 is 0 Å². The lowest BCUT2D eigenvalue weighted by Gasteiger charge is -2.23. The van der Waals surface area contributed by atoms with Gasteiger partial charge in [0.25, 0.3) is 0 Å². The van der Waals surface area contributed by atoms with Crippen LogP contribution in [0.3, 0.4) is 0 Å². The Kier molecular flexibility index (Phi) is 4.24. The summed E-state index contributed by atoms with van der Waals surface area (Å²) in [6, 6.07) is 6.04. The van der Waals surface area contributed by atoms with Crippen molar-refractivity contribution in [2.45, 2.75) is 36.6 Å². The van der Waals surface area contributed by atoms with Crippen LogP contribution in [0.5, 0.6) is 0 Å². The van der Waals surface area contributed by atoms with Crippen LogP contribution >= 0.6 is 11.8 Å². The molecular weight excluding hydrogens is 221 g/mol. The van der Waals surface area contributed by atoms with Crippen LogP contribution in [0.4, 0.5) is 4.39 Å². The molecule has 0 radical (unpaired) electrons. The van der Waals surface area contributed by atoms with Gasteiger partial charge in [-0.2, -0.15) is 0 Å². The number of hydrogen-bond donors (Lipinski definition) is 1. The molecule has 0 saturated carbocycles. The largest absolute Gasteiger partial charge is 0.314 e. The van der Waals surface area contributed by atoms with Crippen molar-refractivity contribution in [2.75, 3.05) is 12.8 Å². The number of benzene rings is 1. The van der Waals surface area contributed by atoms with Crippen molar-refractivity contribution in [3.8, 4) is 0 Å². The van der Waals surface area contributed by atoms with E-state index in [1.807, 2.05) is 18.4 Å². The van der Waals surface area contributed by atoms with Gasteiger partial charge in [0.05, 0.1) is 0 Å². The Balaban J connectivity index is 2.03. The van der Waals surface area contributed by atoms with Gasteiger partial charge in [0, 0.05) is 10.9 Å². The first kappa shape index (κ1) is 11.9. The molecule has 0 aliphatic carbocycles. The van der Waals surface area contributed by atoms with Crippen LogP contribution in [-0.4, -0.2) is 18.8 Å². The fraction of sp³-hybridized carbons (Fsp3) is 0.538. The number of rotatable bonds is 3. The van der Waals surface area contributed by atoms with Crippen LogP contribution in [0.25, 0.3) is 0 Å². The normalized spacial score (nSPS) is 21.0. The Bertz CT molecular complexity index is 348. The summed E-state index contributed by atoms with van der Waals surface area (Å²) in [5, 5.41) is 3.45. The van der Waals surface area contributed by atoms with Gasteiger partial charge in [-0.1, -0.05) is 12.5 Å². The third kappa shape index (κ3) is 2.98. The molecule has 1 unspecified atom stereocenters. The van der Waals surface area contributed by atoms with E-state index in [2.05, 4.69) is 5.32 Å². The maximum atomic E-state index is 13.8. The molecule has 0 spiro atoms. The smallest absolute Gasteiger partial charge is 0.127 e. The molecule has 1 heterocycles. The first-order valence-corrected chi connectivity index (χ1v) is 7.08. The van der Waals surface area contributed by atoms with E-state index in [-0.39, 0.29) is 5.82 Å². The van der Waals surface area contributed by atoms with Crippen LogP contribution in [0, 0.1) is 5.82 Å². The fourth-order valence-electron chi connectivity index (χ4n) is 2.18. The summed E-state index contributed by atoms with van der Waals surface area (Å²) in [7, 11) is 0. The summed E-state index contributed by atoms with van der Waals surface area (Å²) >= 11 is 1.58. The Morgan fingerprint density at radius 3 is 2.94 bits per heavy atom. The van der Waals surface area contributed by atoms with Gasteiger partial charge in [0.1, 0.15) is 5.82 Å². The predicted octanol–water partition coefficient (Wildman–Crippen LogP) is 3.23. The molecule has 1 fully saturated rings. The summed E-state index contributed by atoms with van der Waals surface area (Å²) in [4.78, 5) is 0.998. The van der Waals surface area contributed by atoms with Gasteiger partial charge in [-0.25, -0.2) is 4.39 Å². The number of hydrogen-bond acceptors (Lipinski definition) is 2. The second-order valence-corrected chi connectivity index (χ2v) is 5.19.